The molecule has 1 rings (SSSR count). The van der Waals surface area contributed by atoms with Gasteiger partial charge in [0.05, 0.1) is 0 Å². The van der Waals surface area contributed by atoms with Gasteiger partial charge in [0, 0.05) is 0 Å². The van der Waals surface area contributed by atoms with Crippen molar-refractivity contribution in [2.45, 2.75) is 6.43 Å². The SMILES string of the molecule is Fc1nc(F)c(C(F)F)c(Cl)n1. The zero-order chi connectivity index (χ0) is 9.30. The fourth-order valence-electron chi connectivity index (χ4n) is 0.573. The Kier molecular flexibility index (Phi) is 2.46. The second-order valence-corrected chi connectivity index (χ2v) is 2.15. The summed E-state index contributed by atoms with van der Waals surface area (Å²) in [7, 11) is 0. The summed E-state index contributed by atoms with van der Waals surface area (Å²) in [6.07, 6.45) is -4.63. The molecule has 1 aromatic rings. The van der Waals surface area contributed by atoms with Gasteiger partial charge in [-0.2, -0.15) is 18.7 Å². The molecule has 0 bridgehead atoms. The number of rotatable bonds is 1. The van der Waals surface area contributed by atoms with E-state index < -0.39 is 29.2 Å². The van der Waals surface area contributed by atoms with Crippen LogP contribution in [-0.4, -0.2) is 9.97 Å². The van der Waals surface area contributed by atoms with Crippen molar-refractivity contribution in [2.24, 2.45) is 0 Å². The molecule has 12 heavy (non-hydrogen) atoms. The molecular weight excluding hydrogens is 200 g/mol. The largest absolute Gasteiger partial charge is 0.312 e. The first-order valence-corrected chi connectivity index (χ1v) is 3.06. The summed E-state index contributed by atoms with van der Waals surface area (Å²) in [4.78, 5) is 5.17. The lowest BCUT2D eigenvalue weighted by Gasteiger charge is -2.01. The maximum atomic E-state index is 12.4. The fourth-order valence-corrected chi connectivity index (χ4v) is 0.803. The summed E-state index contributed by atoms with van der Waals surface area (Å²) in [5.41, 5.74) is -1.18. The molecule has 0 atom stereocenters. The van der Waals surface area contributed by atoms with Crippen molar-refractivity contribution in [2.75, 3.05) is 0 Å². The first-order valence-electron chi connectivity index (χ1n) is 2.69. The van der Waals surface area contributed by atoms with Gasteiger partial charge in [-0.3, -0.25) is 0 Å². The number of halogens is 5. The van der Waals surface area contributed by atoms with Crippen LogP contribution >= 0.6 is 11.6 Å². The average Bonchev–Trinajstić information content (AvgIpc) is 1.82. The molecule has 1 heterocycles. The van der Waals surface area contributed by atoms with Crippen LogP contribution in [0.15, 0.2) is 0 Å². The van der Waals surface area contributed by atoms with E-state index in [1.165, 1.54) is 0 Å². The highest BCUT2D eigenvalue weighted by atomic mass is 35.5. The summed E-state index contributed by atoms with van der Waals surface area (Å²) in [6, 6.07) is 0. The second kappa shape index (κ2) is 3.22. The third kappa shape index (κ3) is 1.63. The topological polar surface area (TPSA) is 25.8 Å². The number of hydrogen-bond acceptors (Lipinski definition) is 2. The Morgan fingerprint density at radius 3 is 2.17 bits per heavy atom. The highest BCUT2D eigenvalue weighted by molar-refractivity contribution is 6.30. The minimum Gasteiger partial charge on any atom is -0.205 e. The molecule has 0 aliphatic carbocycles. The summed E-state index contributed by atoms with van der Waals surface area (Å²) < 4.78 is 48.3. The molecule has 0 spiro atoms. The molecule has 0 radical (unpaired) electrons. The van der Waals surface area contributed by atoms with Gasteiger partial charge in [-0.05, 0) is 0 Å². The Morgan fingerprint density at radius 2 is 1.75 bits per heavy atom. The zero-order valence-corrected chi connectivity index (χ0v) is 6.12. The van der Waals surface area contributed by atoms with Gasteiger partial charge in [0.1, 0.15) is 10.7 Å². The van der Waals surface area contributed by atoms with E-state index in [-0.39, 0.29) is 0 Å². The molecule has 0 aromatic carbocycles. The van der Waals surface area contributed by atoms with Crippen LogP contribution in [0.5, 0.6) is 0 Å². The standard InChI is InChI=1S/C5HClF4N2/c6-2-1(3(7)8)4(9)12-5(10)11-2/h3H. The van der Waals surface area contributed by atoms with E-state index >= 15 is 0 Å². The second-order valence-electron chi connectivity index (χ2n) is 1.79. The molecule has 0 aliphatic heterocycles. The smallest absolute Gasteiger partial charge is 0.205 e. The van der Waals surface area contributed by atoms with Crippen LogP contribution in [0.4, 0.5) is 17.6 Å². The summed E-state index contributed by atoms with van der Waals surface area (Å²) in [5, 5.41) is -0.907. The highest BCUT2D eigenvalue weighted by Crippen LogP contribution is 2.26. The highest BCUT2D eigenvalue weighted by Gasteiger charge is 2.21. The lowest BCUT2D eigenvalue weighted by atomic mass is 10.3. The van der Waals surface area contributed by atoms with Gasteiger partial charge in [0.25, 0.3) is 6.43 Å². The molecule has 0 aliphatic rings. The van der Waals surface area contributed by atoms with Gasteiger partial charge in [0.2, 0.25) is 5.95 Å². The van der Waals surface area contributed by atoms with Crippen molar-refractivity contribution in [3.8, 4) is 0 Å². The maximum absolute atomic E-state index is 12.4. The maximum Gasteiger partial charge on any atom is 0.312 e. The van der Waals surface area contributed by atoms with Gasteiger partial charge < -0.3 is 0 Å². The number of hydrogen-bond donors (Lipinski definition) is 0. The van der Waals surface area contributed by atoms with Crippen molar-refractivity contribution >= 4 is 11.6 Å². The Morgan fingerprint density at radius 1 is 1.17 bits per heavy atom. The lowest BCUT2D eigenvalue weighted by molar-refractivity contribution is 0.144. The third-order valence-electron chi connectivity index (χ3n) is 1.04. The molecule has 2 nitrogen and oxygen atoms in total. The van der Waals surface area contributed by atoms with E-state index in [1.54, 1.807) is 0 Å². The Hall–Kier alpha value is -0.910. The van der Waals surface area contributed by atoms with Crippen LogP contribution in [0, 0.1) is 12.0 Å². The van der Waals surface area contributed by atoms with Crippen molar-refractivity contribution in [3.63, 3.8) is 0 Å². The lowest BCUT2D eigenvalue weighted by Crippen LogP contribution is -2.01. The molecule has 66 valence electrons. The predicted molar refractivity (Wildman–Crippen MR) is 31.9 cm³/mol. The van der Waals surface area contributed by atoms with Crippen molar-refractivity contribution in [1.82, 2.24) is 9.97 Å². The Balaban J connectivity index is 3.28. The zero-order valence-electron chi connectivity index (χ0n) is 5.36. The van der Waals surface area contributed by atoms with Gasteiger partial charge >= 0.3 is 6.08 Å². The van der Waals surface area contributed by atoms with Gasteiger partial charge in [-0.15, -0.1) is 0 Å². The molecule has 0 fully saturated rings. The van der Waals surface area contributed by atoms with E-state index in [0.717, 1.165) is 0 Å². The summed E-state index contributed by atoms with van der Waals surface area (Å²) >= 11 is 5.02. The third-order valence-corrected chi connectivity index (χ3v) is 1.33. The summed E-state index contributed by atoms with van der Waals surface area (Å²) in [6.45, 7) is 0. The van der Waals surface area contributed by atoms with E-state index in [2.05, 4.69) is 9.97 Å². The minimum absolute atomic E-state index is 0.907. The monoisotopic (exact) mass is 200 g/mol. The van der Waals surface area contributed by atoms with E-state index in [9.17, 15) is 17.6 Å². The molecule has 0 N–H and O–H groups in total. The van der Waals surface area contributed by atoms with E-state index in [1.807, 2.05) is 0 Å². The summed E-state index contributed by atoms with van der Waals surface area (Å²) in [5.74, 6) is -1.64. The van der Waals surface area contributed by atoms with Crippen LogP contribution in [0.1, 0.15) is 12.0 Å². The number of aromatic nitrogens is 2. The molecule has 0 amide bonds. The first-order chi connectivity index (χ1) is 5.52. The van der Waals surface area contributed by atoms with Crippen LogP contribution in [0.3, 0.4) is 0 Å². The molecule has 7 heteroatoms. The Labute approximate surface area is 69.2 Å². The van der Waals surface area contributed by atoms with Crippen LogP contribution in [0.2, 0.25) is 5.15 Å². The minimum atomic E-state index is -3.15. The van der Waals surface area contributed by atoms with Crippen LogP contribution < -0.4 is 0 Å². The quantitative estimate of drug-likeness (QED) is 0.395. The van der Waals surface area contributed by atoms with E-state index in [4.69, 9.17) is 11.6 Å². The Bertz CT molecular complexity index is 280. The average molecular weight is 201 g/mol. The number of nitrogens with zero attached hydrogens (tertiary/aromatic N) is 2. The molecule has 0 saturated heterocycles. The fraction of sp³-hybridized carbons (Fsp3) is 0.200. The molecule has 1 aromatic heterocycles. The normalized spacial score (nSPS) is 10.8. The van der Waals surface area contributed by atoms with E-state index in [0.29, 0.717) is 0 Å². The molecular formula is C5HClF4N2. The van der Waals surface area contributed by atoms with Crippen molar-refractivity contribution < 1.29 is 17.6 Å². The van der Waals surface area contributed by atoms with Gasteiger partial charge in [-0.1, -0.05) is 11.6 Å². The van der Waals surface area contributed by atoms with Crippen LogP contribution in [-0.2, 0) is 0 Å². The van der Waals surface area contributed by atoms with Crippen LogP contribution in [0.25, 0.3) is 0 Å². The van der Waals surface area contributed by atoms with Gasteiger partial charge in [-0.25, -0.2) is 8.78 Å². The first kappa shape index (κ1) is 9.18. The number of alkyl halides is 2. The predicted octanol–water partition coefficient (Wildman–Crippen LogP) is 2.35. The molecule has 0 saturated carbocycles. The molecule has 0 unspecified atom stereocenters. The van der Waals surface area contributed by atoms with Crippen molar-refractivity contribution in [1.29, 1.82) is 0 Å². The van der Waals surface area contributed by atoms with Crippen molar-refractivity contribution in [3.05, 3.63) is 22.7 Å². The van der Waals surface area contributed by atoms with Gasteiger partial charge in [0.15, 0.2) is 0 Å².